The van der Waals surface area contributed by atoms with E-state index in [1.165, 1.54) is 12.1 Å². The van der Waals surface area contributed by atoms with Crippen LogP contribution in [0.5, 0.6) is 0 Å². The number of nitrogens with two attached hydrogens (primary N) is 1. The number of anilines is 1. The molecule has 0 aliphatic carbocycles. The molecule has 0 aromatic heterocycles. The van der Waals surface area contributed by atoms with Gasteiger partial charge in [0.2, 0.25) is 11.8 Å². The van der Waals surface area contributed by atoms with Crippen LogP contribution in [0.1, 0.15) is 6.92 Å². The zero-order valence-corrected chi connectivity index (χ0v) is 14.9. The number of halogens is 1. The predicted molar refractivity (Wildman–Crippen MR) is 95.2 cm³/mol. The van der Waals surface area contributed by atoms with E-state index in [-0.39, 0.29) is 24.3 Å². The lowest BCUT2D eigenvalue weighted by molar-refractivity contribution is -0.149. The molecule has 8 heteroatoms. The first-order valence-corrected chi connectivity index (χ1v) is 8.90. The average molecular weight is 364 g/mol. The van der Waals surface area contributed by atoms with Gasteiger partial charge in [-0.25, -0.2) is 4.39 Å². The molecular weight excluding hydrogens is 339 g/mol. The van der Waals surface area contributed by atoms with Crippen LogP contribution in [0.2, 0.25) is 0 Å². The Balaban J connectivity index is 1.54. The van der Waals surface area contributed by atoms with E-state index >= 15 is 0 Å². The van der Waals surface area contributed by atoms with Crippen molar-refractivity contribution in [1.82, 2.24) is 9.80 Å². The highest BCUT2D eigenvalue weighted by Crippen LogP contribution is 2.18. The van der Waals surface area contributed by atoms with Crippen LogP contribution >= 0.6 is 0 Å². The fourth-order valence-electron chi connectivity index (χ4n) is 3.46. The molecule has 2 saturated heterocycles. The number of ether oxygens (including phenoxy) is 1. The third kappa shape index (κ3) is 4.13. The Morgan fingerprint density at radius 3 is 2.42 bits per heavy atom. The summed E-state index contributed by atoms with van der Waals surface area (Å²) in [6.45, 7) is 5.94. The van der Waals surface area contributed by atoms with Crippen molar-refractivity contribution in [3.05, 3.63) is 30.1 Å². The van der Waals surface area contributed by atoms with Gasteiger partial charge in [0.25, 0.3) is 0 Å². The van der Waals surface area contributed by atoms with Crippen LogP contribution < -0.4 is 10.6 Å². The van der Waals surface area contributed by atoms with E-state index in [0.717, 1.165) is 31.9 Å². The van der Waals surface area contributed by atoms with E-state index in [0.29, 0.717) is 13.2 Å². The van der Waals surface area contributed by atoms with Gasteiger partial charge in [0.1, 0.15) is 5.82 Å². The van der Waals surface area contributed by atoms with Crippen LogP contribution in [0.4, 0.5) is 10.1 Å². The third-order valence-electron chi connectivity index (χ3n) is 5.11. The van der Waals surface area contributed by atoms with Gasteiger partial charge < -0.3 is 20.3 Å². The van der Waals surface area contributed by atoms with E-state index in [2.05, 4.69) is 9.80 Å². The Labute approximate surface area is 152 Å². The maximum atomic E-state index is 13.1. The molecule has 0 spiro atoms. The van der Waals surface area contributed by atoms with Gasteiger partial charge in [-0.15, -0.1) is 0 Å². The number of benzene rings is 1. The monoisotopic (exact) mass is 364 g/mol. The van der Waals surface area contributed by atoms with Crippen molar-refractivity contribution in [3.63, 3.8) is 0 Å². The largest absolute Gasteiger partial charge is 0.369 e. The molecule has 2 heterocycles. The normalized spacial score (nSPS) is 22.9. The van der Waals surface area contributed by atoms with E-state index < -0.39 is 12.0 Å². The Morgan fingerprint density at radius 1 is 1.15 bits per heavy atom. The molecule has 1 aromatic rings. The summed E-state index contributed by atoms with van der Waals surface area (Å²) in [6, 6.07) is 6.20. The summed E-state index contributed by atoms with van der Waals surface area (Å²) in [4.78, 5) is 30.1. The summed E-state index contributed by atoms with van der Waals surface area (Å²) in [5.41, 5.74) is 6.28. The zero-order valence-electron chi connectivity index (χ0n) is 14.9. The van der Waals surface area contributed by atoms with E-state index in [9.17, 15) is 14.0 Å². The Kier molecular flexibility index (Phi) is 5.73. The first-order valence-electron chi connectivity index (χ1n) is 8.90. The number of rotatable bonds is 4. The summed E-state index contributed by atoms with van der Waals surface area (Å²) in [5.74, 6) is -0.788. The molecule has 2 N–H and O–H groups in total. The zero-order chi connectivity index (χ0) is 18.7. The van der Waals surface area contributed by atoms with Crippen molar-refractivity contribution in [2.45, 2.75) is 19.1 Å². The quantitative estimate of drug-likeness (QED) is 0.817. The van der Waals surface area contributed by atoms with Crippen LogP contribution in [-0.2, 0) is 14.3 Å². The topological polar surface area (TPSA) is 79.1 Å². The number of piperazine rings is 1. The van der Waals surface area contributed by atoms with Gasteiger partial charge in [-0.1, -0.05) is 0 Å². The SMILES string of the molecule is CC(C(=O)N1CCOC(C(N)=O)C1)N1CCN(c2ccc(F)cc2)CC1. The molecule has 0 radical (unpaired) electrons. The highest BCUT2D eigenvalue weighted by atomic mass is 19.1. The summed E-state index contributed by atoms with van der Waals surface area (Å²) in [6.07, 6.45) is -0.727. The van der Waals surface area contributed by atoms with Crippen molar-refractivity contribution >= 4 is 17.5 Å². The minimum atomic E-state index is -0.727. The Hall–Kier alpha value is -2.19. The molecule has 142 valence electrons. The molecule has 0 saturated carbocycles. The second-order valence-electron chi connectivity index (χ2n) is 6.72. The number of hydrogen-bond donors (Lipinski definition) is 1. The summed E-state index contributed by atoms with van der Waals surface area (Å²) in [5, 5.41) is 0. The lowest BCUT2D eigenvalue weighted by Gasteiger charge is -2.41. The number of amides is 2. The minimum absolute atomic E-state index is 0.00483. The van der Waals surface area contributed by atoms with Crippen LogP contribution in [0.25, 0.3) is 0 Å². The molecule has 2 unspecified atom stereocenters. The molecular formula is C18H25FN4O3. The molecule has 7 nitrogen and oxygen atoms in total. The maximum Gasteiger partial charge on any atom is 0.248 e. The smallest absolute Gasteiger partial charge is 0.248 e. The number of hydrogen-bond acceptors (Lipinski definition) is 5. The molecule has 2 amide bonds. The molecule has 1 aromatic carbocycles. The maximum absolute atomic E-state index is 13.1. The third-order valence-corrected chi connectivity index (χ3v) is 5.11. The predicted octanol–water partition coefficient (Wildman–Crippen LogP) is 0.0489. The van der Waals surface area contributed by atoms with Crippen LogP contribution in [0.3, 0.4) is 0 Å². The number of primary amides is 1. The minimum Gasteiger partial charge on any atom is -0.369 e. The average Bonchev–Trinajstić information content (AvgIpc) is 2.67. The fraction of sp³-hybridized carbons (Fsp3) is 0.556. The second kappa shape index (κ2) is 8.01. The van der Waals surface area contributed by atoms with Crippen molar-refractivity contribution < 1.29 is 18.7 Å². The van der Waals surface area contributed by atoms with Crippen molar-refractivity contribution in [2.75, 3.05) is 50.8 Å². The van der Waals surface area contributed by atoms with E-state index in [1.54, 1.807) is 17.0 Å². The van der Waals surface area contributed by atoms with Crippen LogP contribution in [0, 0.1) is 5.82 Å². The Morgan fingerprint density at radius 2 is 1.81 bits per heavy atom. The molecule has 2 aliphatic rings. The van der Waals surface area contributed by atoms with Gasteiger partial charge in [-0.2, -0.15) is 0 Å². The van der Waals surface area contributed by atoms with Crippen molar-refractivity contribution in [1.29, 1.82) is 0 Å². The highest BCUT2D eigenvalue weighted by Gasteiger charge is 2.33. The molecule has 2 fully saturated rings. The van der Waals surface area contributed by atoms with Gasteiger partial charge in [-0.05, 0) is 31.2 Å². The van der Waals surface area contributed by atoms with Gasteiger partial charge in [-0.3, -0.25) is 14.5 Å². The van der Waals surface area contributed by atoms with Crippen LogP contribution in [0.15, 0.2) is 24.3 Å². The number of carbonyl (C=O) groups excluding carboxylic acids is 2. The van der Waals surface area contributed by atoms with Gasteiger partial charge in [0.15, 0.2) is 6.10 Å². The molecule has 2 atom stereocenters. The summed E-state index contributed by atoms with van der Waals surface area (Å²) in [7, 11) is 0. The van der Waals surface area contributed by atoms with Gasteiger partial charge >= 0.3 is 0 Å². The van der Waals surface area contributed by atoms with Crippen molar-refractivity contribution in [3.8, 4) is 0 Å². The van der Waals surface area contributed by atoms with E-state index in [4.69, 9.17) is 10.5 Å². The number of carbonyl (C=O) groups is 2. The standard InChI is InChI=1S/C18H25FN4O3/c1-13(18(25)23-10-11-26-16(12-23)17(20)24)21-6-8-22(9-7-21)15-4-2-14(19)3-5-15/h2-5,13,16H,6-12H2,1H3,(H2,20,24). The number of nitrogens with zero attached hydrogens (tertiary/aromatic N) is 3. The Bertz CT molecular complexity index is 646. The summed E-state index contributed by atoms with van der Waals surface area (Å²) < 4.78 is 18.4. The molecule has 0 bridgehead atoms. The fourth-order valence-corrected chi connectivity index (χ4v) is 3.46. The first kappa shape index (κ1) is 18.6. The lowest BCUT2D eigenvalue weighted by Crippen LogP contribution is -2.58. The number of morpholine rings is 1. The van der Waals surface area contributed by atoms with Crippen molar-refractivity contribution in [2.24, 2.45) is 5.73 Å². The van der Waals surface area contributed by atoms with Gasteiger partial charge in [0, 0.05) is 38.4 Å². The summed E-state index contributed by atoms with van der Waals surface area (Å²) >= 11 is 0. The lowest BCUT2D eigenvalue weighted by atomic mass is 10.1. The van der Waals surface area contributed by atoms with E-state index in [1.807, 2.05) is 6.92 Å². The highest BCUT2D eigenvalue weighted by molar-refractivity contribution is 5.84. The molecule has 26 heavy (non-hydrogen) atoms. The molecule has 2 aliphatic heterocycles. The van der Waals surface area contributed by atoms with Gasteiger partial charge in [0.05, 0.1) is 19.2 Å². The molecule has 3 rings (SSSR count). The first-order chi connectivity index (χ1) is 12.5. The van der Waals surface area contributed by atoms with Crippen LogP contribution in [-0.4, -0.2) is 79.6 Å². The second-order valence-corrected chi connectivity index (χ2v) is 6.72.